The van der Waals surface area contributed by atoms with Gasteiger partial charge in [0.1, 0.15) is 28.4 Å². The van der Waals surface area contributed by atoms with Gasteiger partial charge in [0, 0.05) is 23.5 Å². The summed E-state index contributed by atoms with van der Waals surface area (Å²) >= 11 is 0. The van der Waals surface area contributed by atoms with Gasteiger partial charge in [-0.3, -0.25) is 4.79 Å². The van der Waals surface area contributed by atoms with Gasteiger partial charge in [0.25, 0.3) is 0 Å². The summed E-state index contributed by atoms with van der Waals surface area (Å²) in [6.07, 6.45) is 3.35. The average Bonchev–Trinajstić information content (AvgIpc) is 2.61. The molecule has 2 rings (SSSR count). The molecule has 0 aliphatic carbocycles. The van der Waals surface area contributed by atoms with Crippen molar-refractivity contribution >= 4 is 5.78 Å². The second-order valence-electron chi connectivity index (χ2n) is 8.13. The number of rotatable bonds is 6. The number of hydrogen-bond acceptors (Lipinski definition) is 5. The van der Waals surface area contributed by atoms with Crippen LogP contribution in [0.2, 0.25) is 0 Å². The first-order chi connectivity index (χ1) is 12.5. The normalized spacial score (nSPS) is 22.6. The van der Waals surface area contributed by atoms with Crippen molar-refractivity contribution in [1.82, 2.24) is 0 Å². The Morgan fingerprint density at radius 1 is 1.33 bits per heavy atom. The van der Waals surface area contributed by atoms with E-state index in [1.165, 1.54) is 5.57 Å². The van der Waals surface area contributed by atoms with Gasteiger partial charge in [-0.05, 0) is 47.0 Å². The number of Topliss-reactive ketones (excluding diaryl/α,β-unsaturated/α-hetero) is 1. The highest BCUT2D eigenvalue weighted by atomic mass is 16.5. The van der Waals surface area contributed by atoms with Crippen molar-refractivity contribution in [2.24, 2.45) is 5.92 Å². The Morgan fingerprint density at radius 3 is 2.52 bits per heavy atom. The number of phenols is 2. The van der Waals surface area contributed by atoms with Crippen LogP contribution in [0.4, 0.5) is 0 Å². The van der Waals surface area contributed by atoms with E-state index in [1.807, 2.05) is 34.6 Å². The van der Waals surface area contributed by atoms with Crippen LogP contribution in [0.25, 0.3) is 0 Å². The lowest BCUT2D eigenvalue weighted by molar-refractivity contribution is -0.0597. The highest BCUT2D eigenvalue weighted by Gasteiger charge is 2.43. The van der Waals surface area contributed by atoms with Gasteiger partial charge in [0.05, 0.1) is 6.10 Å². The average molecular weight is 376 g/mol. The first-order valence-corrected chi connectivity index (χ1v) is 9.65. The third-order valence-electron chi connectivity index (χ3n) is 5.67. The lowest BCUT2D eigenvalue weighted by Crippen LogP contribution is -2.49. The van der Waals surface area contributed by atoms with Crippen LogP contribution in [0.15, 0.2) is 11.6 Å². The van der Waals surface area contributed by atoms with Crippen molar-refractivity contribution in [1.29, 1.82) is 0 Å². The first kappa shape index (κ1) is 21.3. The van der Waals surface area contributed by atoms with E-state index >= 15 is 0 Å². The molecule has 1 aliphatic heterocycles. The fourth-order valence-corrected chi connectivity index (χ4v) is 3.43. The fraction of sp³-hybridized carbons (Fsp3) is 0.591. The number of fused-ring (bicyclic) bond motifs is 1. The standard InChI is InChI=1S/C22H32O5/c1-7-13(4)18(24)17-20(26)14(5)19(25)15-11-16(23)22(6,27-21(15)17)10-8-9-12(2)3/h9,13,16,23,25-26H,7-8,10-11H2,1-6H3. The molecule has 0 spiro atoms. The third kappa shape index (κ3) is 3.98. The molecule has 0 saturated heterocycles. The smallest absolute Gasteiger partial charge is 0.173 e. The minimum Gasteiger partial charge on any atom is -0.507 e. The van der Waals surface area contributed by atoms with Crippen molar-refractivity contribution in [3.05, 3.63) is 28.3 Å². The van der Waals surface area contributed by atoms with E-state index in [4.69, 9.17) is 4.74 Å². The predicted octanol–water partition coefficient (Wildman–Crippen LogP) is 4.44. The molecule has 3 N–H and O–H groups in total. The van der Waals surface area contributed by atoms with Gasteiger partial charge in [-0.15, -0.1) is 0 Å². The van der Waals surface area contributed by atoms with Gasteiger partial charge >= 0.3 is 0 Å². The van der Waals surface area contributed by atoms with Gasteiger partial charge in [-0.1, -0.05) is 25.5 Å². The zero-order valence-electron chi connectivity index (χ0n) is 17.2. The largest absolute Gasteiger partial charge is 0.507 e. The number of phenolic OH excluding ortho intramolecular Hbond substituents is 2. The minimum absolute atomic E-state index is 0.117. The monoisotopic (exact) mass is 376 g/mol. The van der Waals surface area contributed by atoms with E-state index in [9.17, 15) is 20.1 Å². The number of hydrogen-bond donors (Lipinski definition) is 3. The summed E-state index contributed by atoms with van der Waals surface area (Å²) in [5.74, 6) is -0.632. The van der Waals surface area contributed by atoms with Gasteiger partial charge in [-0.2, -0.15) is 0 Å². The molecule has 1 aromatic rings. The van der Waals surface area contributed by atoms with Crippen molar-refractivity contribution in [2.75, 3.05) is 0 Å². The van der Waals surface area contributed by atoms with E-state index in [0.717, 1.165) is 6.42 Å². The number of aliphatic hydroxyl groups is 1. The molecule has 0 radical (unpaired) electrons. The number of ether oxygens (including phenoxy) is 1. The molecular weight excluding hydrogens is 344 g/mol. The Balaban J connectivity index is 2.56. The highest BCUT2D eigenvalue weighted by Crippen LogP contribution is 2.48. The number of benzene rings is 1. The summed E-state index contributed by atoms with van der Waals surface area (Å²) in [5.41, 5.74) is 1.03. The van der Waals surface area contributed by atoms with Crippen molar-refractivity contribution in [2.45, 2.75) is 78.9 Å². The van der Waals surface area contributed by atoms with E-state index in [0.29, 0.717) is 18.4 Å². The summed E-state index contributed by atoms with van der Waals surface area (Å²) < 4.78 is 6.16. The van der Waals surface area contributed by atoms with E-state index in [1.54, 1.807) is 6.92 Å². The molecule has 1 aliphatic rings. The van der Waals surface area contributed by atoms with E-state index < -0.39 is 11.7 Å². The maximum atomic E-state index is 12.9. The lowest BCUT2D eigenvalue weighted by Gasteiger charge is -2.41. The Hall–Kier alpha value is -2.01. The number of aromatic hydroxyl groups is 2. The number of carbonyl (C=O) groups excluding carboxylic acids is 1. The zero-order valence-corrected chi connectivity index (χ0v) is 17.2. The van der Waals surface area contributed by atoms with E-state index in [-0.39, 0.29) is 46.5 Å². The third-order valence-corrected chi connectivity index (χ3v) is 5.67. The molecule has 0 saturated carbocycles. The number of ketones is 1. The summed E-state index contributed by atoms with van der Waals surface area (Å²) in [6.45, 7) is 11.1. The molecule has 5 nitrogen and oxygen atoms in total. The van der Waals surface area contributed by atoms with Crippen molar-refractivity contribution in [3.8, 4) is 17.2 Å². The molecule has 0 fully saturated rings. The van der Waals surface area contributed by atoms with Crippen LogP contribution in [0, 0.1) is 12.8 Å². The number of allylic oxidation sites excluding steroid dienone is 2. The molecule has 150 valence electrons. The summed E-state index contributed by atoms with van der Waals surface area (Å²) in [6, 6.07) is 0. The predicted molar refractivity (Wildman–Crippen MR) is 106 cm³/mol. The zero-order chi connectivity index (χ0) is 20.5. The van der Waals surface area contributed by atoms with Crippen LogP contribution in [-0.4, -0.2) is 32.8 Å². The van der Waals surface area contributed by atoms with Crippen LogP contribution in [-0.2, 0) is 6.42 Å². The Kier molecular flexibility index (Phi) is 6.25. The van der Waals surface area contributed by atoms with Crippen LogP contribution >= 0.6 is 0 Å². The molecule has 1 aromatic carbocycles. The lowest BCUT2D eigenvalue weighted by atomic mass is 9.82. The topological polar surface area (TPSA) is 87.0 Å². The summed E-state index contributed by atoms with van der Waals surface area (Å²) in [4.78, 5) is 12.9. The molecule has 27 heavy (non-hydrogen) atoms. The second-order valence-corrected chi connectivity index (χ2v) is 8.13. The minimum atomic E-state index is -0.905. The fourth-order valence-electron chi connectivity index (χ4n) is 3.43. The Bertz CT molecular complexity index is 761. The van der Waals surface area contributed by atoms with Crippen LogP contribution < -0.4 is 4.74 Å². The van der Waals surface area contributed by atoms with Crippen LogP contribution in [0.1, 0.15) is 75.4 Å². The van der Waals surface area contributed by atoms with Crippen molar-refractivity contribution in [3.63, 3.8) is 0 Å². The maximum absolute atomic E-state index is 12.9. The number of carbonyl (C=O) groups is 1. The molecule has 1 heterocycles. The molecule has 3 unspecified atom stereocenters. The number of aliphatic hydroxyl groups excluding tert-OH is 1. The van der Waals surface area contributed by atoms with E-state index in [2.05, 4.69) is 6.08 Å². The Labute approximate surface area is 161 Å². The van der Waals surface area contributed by atoms with Gasteiger partial charge in [-0.25, -0.2) is 0 Å². The van der Waals surface area contributed by atoms with Crippen LogP contribution in [0.5, 0.6) is 17.2 Å². The van der Waals surface area contributed by atoms with Gasteiger partial charge in [0.15, 0.2) is 5.78 Å². The summed E-state index contributed by atoms with van der Waals surface area (Å²) in [7, 11) is 0. The molecule has 3 atom stereocenters. The SMILES string of the molecule is CCC(C)C(=O)c1c(O)c(C)c(O)c2c1OC(C)(CCC=C(C)C)C(O)C2. The Morgan fingerprint density at radius 2 is 1.96 bits per heavy atom. The molecule has 0 amide bonds. The molecular formula is C22H32O5. The summed E-state index contributed by atoms with van der Waals surface area (Å²) in [5, 5.41) is 31.8. The first-order valence-electron chi connectivity index (χ1n) is 9.65. The quantitative estimate of drug-likeness (QED) is 0.505. The van der Waals surface area contributed by atoms with Crippen LogP contribution in [0.3, 0.4) is 0 Å². The maximum Gasteiger partial charge on any atom is 0.173 e. The van der Waals surface area contributed by atoms with Crippen molar-refractivity contribution < 1.29 is 24.9 Å². The van der Waals surface area contributed by atoms with Gasteiger partial charge in [0.2, 0.25) is 0 Å². The molecule has 0 aromatic heterocycles. The molecule has 0 bridgehead atoms. The highest BCUT2D eigenvalue weighted by molar-refractivity contribution is 6.04. The van der Waals surface area contributed by atoms with Gasteiger partial charge < -0.3 is 20.1 Å². The second kappa shape index (κ2) is 7.93. The molecule has 5 heteroatoms.